The summed E-state index contributed by atoms with van der Waals surface area (Å²) in [6.07, 6.45) is -7.44. The molecule has 0 fully saturated rings. The summed E-state index contributed by atoms with van der Waals surface area (Å²) in [6, 6.07) is 2.56. The van der Waals surface area contributed by atoms with Crippen molar-refractivity contribution in [3.05, 3.63) is 23.8 Å². The van der Waals surface area contributed by atoms with Crippen molar-refractivity contribution in [1.29, 1.82) is 0 Å². The number of ether oxygens (including phenoxy) is 2. The van der Waals surface area contributed by atoms with Gasteiger partial charge in [-0.05, 0) is 12.1 Å². The van der Waals surface area contributed by atoms with E-state index in [1.807, 2.05) is 0 Å². The minimum atomic E-state index is -4.79. The average molecular weight is 302 g/mol. The van der Waals surface area contributed by atoms with Crippen LogP contribution in [0.1, 0.15) is 11.6 Å². The van der Waals surface area contributed by atoms with Gasteiger partial charge in [-0.3, -0.25) is 0 Å². The molecule has 0 radical (unpaired) electrons. The normalized spacial score (nSPS) is 14.3. The maximum atomic E-state index is 12.4. The third-order valence-electron chi connectivity index (χ3n) is 2.48. The molecule has 110 valence electrons. The number of hydrogen-bond acceptors (Lipinski definition) is 4. The van der Waals surface area contributed by atoms with E-state index in [4.69, 9.17) is 20.3 Å². The predicted molar refractivity (Wildman–Crippen MR) is 65.8 cm³/mol. The van der Waals surface area contributed by atoms with Crippen LogP contribution in [-0.2, 0) is 0 Å². The van der Waals surface area contributed by atoms with E-state index < -0.39 is 18.3 Å². The summed E-state index contributed by atoms with van der Waals surface area (Å²) in [6.45, 7) is 0. The number of nitrogens with two attached hydrogens (primary N) is 1. The fourth-order valence-corrected chi connectivity index (χ4v) is 1.47. The number of aliphatic hydroxyl groups is 1. The average Bonchev–Trinajstić information content (AvgIpc) is 2.35. The number of halogens is 4. The van der Waals surface area contributed by atoms with Crippen molar-refractivity contribution in [2.24, 2.45) is 5.73 Å². The lowest BCUT2D eigenvalue weighted by atomic mass is 10.0. The molecule has 0 bridgehead atoms. The third-order valence-corrected chi connectivity index (χ3v) is 2.48. The number of benzene rings is 1. The monoisotopic (exact) mass is 301 g/mol. The first-order valence-corrected chi connectivity index (χ1v) is 5.03. The maximum absolute atomic E-state index is 12.4. The zero-order valence-electron chi connectivity index (χ0n) is 10.3. The molecule has 0 aliphatic rings. The lowest BCUT2D eigenvalue weighted by molar-refractivity contribution is -0.210. The smallest absolute Gasteiger partial charge is 0.416 e. The topological polar surface area (TPSA) is 64.7 Å². The van der Waals surface area contributed by atoms with Crippen LogP contribution in [0.2, 0.25) is 0 Å². The largest absolute Gasteiger partial charge is 0.497 e. The first kappa shape index (κ1) is 17.8. The Hall–Kier alpha value is -1.18. The van der Waals surface area contributed by atoms with Gasteiger partial charge in [-0.1, -0.05) is 0 Å². The molecule has 0 amide bonds. The van der Waals surface area contributed by atoms with E-state index in [0.29, 0.717) is 5.75 Å². The van der Waals surface area contributed by atoms with E-state index in [1.54, 1.807) is 0 Å². The SMILES string of the molecule is COc1ccc([C@H](N)[C@H](O)C(F)(F)F)c(OC)c1.Cl. The van der Waals surface area contributed by atoms with Gasteiger partial charge in [-0.2, -0.15) is 13.2 Å². The molecule has 0 spiro atoms. The van der Waals surface area contributed by atoms with E-state index in [2.05, 4.69) is 0 Å². The molecular formula is C11H15ClF3NO3. The molecule has 0 unspecified atom stereocenters. The summed E-state index contributed by atoms with van der Waals surface area (Å²) in [5.41, 5.74) is 5.46. The highest BCUT2D eigenvalue weighted by Gasteiger charge is 2.43. The third kappa shape index (κ3) is 4.15. The van der Waals surface area contributed by atoms with E-state index in [1.165, 1.54) is 32.4 Å². The van der Waals surface area contributed by atoms with Gasteiger partial charge in [0, 0.05) is 11.6 Å². The molecule has 0 aromatic heterocycles. The van der Waals surface area contributed by atoms with Crippen LogP contribution in [0.5, 0.6) is 11.5 Å². The standard InChI is InChI=1S/C11H14F3NO3.ClH/c1-17-6-3-4-7(8(5-6)18-2)9(15)10(16)11(12,13)14;/h3-5,9-10,16H,15H2,1-2H3;1H/t9-,10-;/m0./s1. The summed E-state index contributed by atoms with van der Waals surface area (Å²) >= 11 is 0. The number of methoxy groups -OCH3 is 2. The van der Waals surface area contributed by atoms with Gasteiger partial charge in [0.15, 0.2) is 6.10 Å². The summed E-state index contributed by atoms with van der Waals surface area (Å²) in [5, 5.41) is 9.12. The van der Waals surface area contributed by atoms with E-state index in [-0.39, 0.29) is 23.7 Å². The van der Waals surface area contributed by atoms with E-state index in [0.717, 1.165) is 0 Å². The molecule has 2 atom stereocenters. The highest BCUT2D eigenvalue weighted by molar-refractivity contribution is 5.85. The number of rotatable bonds is 4. The minimum Gasteiger partial charge on any atom is -0.497 e. The molecule has 3 N–H and O–H groups in total. The van der Waals surface area contributed by atoms with Crippen molar-refractivity contribution < 1.29 is 27.8 Å². The Morgan fingerprint density at radius 1 is 1.21 bits per heavy atom. The minimum absolute atomic E-state index is 0. The van der Waals surface area contributed by atoms with Gasteiger partial charge in [0.25, 0.3) is 0 Å². The zero-order chi connectivity index (χ0) is 13.9. The van der Waals surface area contributed by atoms with Crippen LogP contribution in [0, 0.1) is 0 Å². The molecule has 0 aliphatic heterocycles. The summed E-state index contributed by atoms with van der Waals surface area (Å²) < 4.78 is 47.0. The van der Waals surface area contributed by atoms with Crippen molar-refractivity contribution in [3.63, 3.8) is 0 Å². The Balaban J connectivity index is 0.00000324. The molecule has 0 saturated carbocycles. The number of aliphatic hydroxyl groups excluding tert-OH is 1. The van der Waals surface area contributed by atoms with Crippen LogP contribution in [0.4, 0.5) is 13.2 Å². The second-order valence-corrected chi connectivity index (χ2v) is 3.62. The summed E-state index contributed by atoms with van der Waals surface area (Å²) in [7, 11) is 2.71. The van der Waals surface area contributed by atoms with Crippen LogP contribution in [0.15, 0.2) is 18.2 Å². The fraction of sp³-hybridized carbons (Fsp3) is 0.455. The Kier molecular flexibility index (Phi) is 6.41. The van der Waals surface area contributed by atoms with Crippen LogP contribution >= 0.6 is 12.4 Å². The predicted octanol–water partition coefficient (Wildman–Crippen LogP) is 2.05. The van der Waals surface area contributed by atoms with Gasteiger partial charge in [-0.25, -0.2) is 0 Å². The van der Waals surface area contributed by atoms with E-state index in [9.17, 15) is 13.2 Å². The quantitative estimate of drug-likeness (QED) is 0.893. The van der Waals surface area contributed by atoms with Crippen molar-refractivity contribution in [1.82, 2.24) is 0 Å². The highest BCUT2D eigenvalue weighted by atomic mass is 35.5. The van der Waals surface area contributed by atoms with Gasteiger partial charge in [-0.15, -0.1) is 12.4 Å². The van der Waals surface area contributed by atoms with Crippen molar-refractivity contribution in [2.75, 3.05) is 14.2 Å². The molecule has 0 heterocycles. The first-order chi connectivity index (χ1) is 8.31. The lowest BCUT2D eigenvalue weighted by Crippen LogP contribution is -2.39. The lowest BCUT2D eigenvalue weighted by Gasteiger charge is -2.23. The van der Waals surface area contributed by atoms with Crippen molar-refractivity contribution in [2.45, 2.75) is 18.3 Å². The van der Waals surface area contributed by atoms with E-state index >= 15 is 0 Å². The second kappa shape index (κ2) is 6.83. The van der Waals surface area contributed by atoms with Crippen LogP contribution in [-0.4, -0.2) is 31.6 Å². The molecule has 1 aromatic rings. The van der Waals surface area contributed by atoms with Crippen LogP contribution in [0.3, 0.4) is 0 Å². The van der Waals surface area contributed by atoms with Crippen LogP contribution < -0.4 is 15.2 Å². The Bertz CT molecular complexity index is 415. The van der Waals surface area contributed by atoms with Gasteiger partial charge in [0.1, 0.15) is 11.5 Å². The molecule has 0 saturated heterocycles. The molecule has 4 nitrogen and oxygen atoms in total. The molecule has 19 heavy (non-hydrogen) atoms. The summed E-state index contributed by atoms with van der Waals surface area (Å²) in [4.78, 5) is 0. The van der Waals surface area contributed by atoms with Gasteiger partial charge in [0.2, 0.25) is 0 Å². The molecule has 1 rings (SSSR count). The van der Waals surface area contributed by atoms with Crippen molar-refractivity contribution in [3.8, 4) is 11.5 Å². The zero-order valence-corrected chi connectivity index (χ0v) is 11.1. The first-order valence-electron chi connectivity index (χ1n) is 5.03. The highest BCUT2D eigenvalue weighted by Crippen LogP contribution is 2.34. The van der Waals surface area contributed by atoms with Crippen LogP contribution in [0.25, 0.3) is 0 Å². The maximum Gasteiger partial charge on any atom is 0.416 e. The second-order valence-electron chi connectivity index (χ2n) is 3.62. The molecule has 8 heteroatoms. The number of hydrogen-bond donors (Lipinski definition) is 2. The van der Waals surface area contributed by atoms with Gasteiger partial charge < -0.3 is 20.3 Å². The fourth-order valence-electron chi connectivity index (χ4n) is 1.47. The molecule has 1 aromatic carbocycles. The molecular weight excluding hydrogens is 287 g/mol. The molecule has 0 aliphatic carbocycles. The van der Waals surface area contributed by atoms with Gasteiger partial charge >= 0.3 is 6.18 Å². The Morgan fingerprint density at radius 3 is 2.21 bits per heavy atom. The Morgan fingerprint density at radius 2 is 1.79 bits per heavy atom. The number of alkyl halides is 3. The Labute approximate surface area is 114 Å². The van der Waals surface area contributed by atoms with Crippen molar-refractivity contribution >= 4 is 12.4 Å². The van der Waals surface area contributed by atoms with Gasteiger partial charge in [0.05, 0.1) is 20.3 Å². The summed E-state index contributed by atoms with van der Waals surface area (Å²) in [5.74, 6) is 0.550.